The molecule has 1 unspecified atom stereocenters. The number of guanidine groups is 1. The molecular weight excluding hydrogens is 502 g/mol. The molecule has 5 N–H and O–H groups in total. The van der Waals surface area contributed by atoms with Crippen LogP contribution in [0.4, 0.5) is 10.5 Å². The molecule has 10 nitrogen and oxygen atoms in total. The Labute approximate surface area is 197 Å². The largest absolute Gasteiger partial charge is 0.448 e. The van der Waals surface area contributed by atoms with Crippen molar-refractivity contribution in [3.05, 3.63) is 47.2 Å². The highest BCUT2D eigenvalue weighted by molar-refractivity contribution is 9.11. The number of methoxy groups -OCH3 is 1. The van der Waals surface area contributed by atoms with Gasteiger partial charge in [-0.3, -0.25) is 0 Å². The van der Waals surface area contributed by atoms with Crippen molar-refractivity contribution in [1.82, 2.24) is 5.32 Å². The molecule has 3 atom stereocenters. The fourth-order valence-corrected chi connectivity index (χ4v) is 3.63. The van der Waals surface area contributed by atoms with Crippen LogP contribution in [0.3, 0.4) is 0 Å². The first-order valence-electron chi connectivity index (χ1n) is 9.60. The van der Waals surface area contributed by atoms with E-state index < -0.39 is 28.0 Å². The van der Waals surface area contributed by atoms with Gasteiger partial charge in [0.15, 0.2) is 5.96 Å². The Balaban J connectivity index is 3.06. The monoisotopic (exact) mass is 531 g/mol. The normalized spacial score (nSPS) is 16.1. The minimum absolute atomic E-state index is 0.0502. The van der Waals surface area contributed by atoms with Gasteiger partial charge in [-0.05, 0) is 54.0 Å². The number of aliphatic hydroxyl groups excluding tert-OH is 1. The van der Waals surface area contributed by atoms with E-state index in [9.17, 15) is 14.1 Å². The van der Waals surface area contributed by atoms with E-state index in [1.807, 2.05) is 0 Å². The summed E-state index contributed by atoms with van der Waals surface area (Å²) in [5.74, 6) is 0.392. The molecule has 0 spiro atoms. The first-order chi connectivity index (χ1) is 15.0. The number of nitrogens with two attached hydrogens (primary N) is 1. The number of hydrogen-bond donors (Lipinski definition) is 4. The van der Waals surface area contributed by atoms with E-state index >= 15 is 0 Å². The van der Waals surface area contributed by atoms with Crippen LogP contribution in [0.2, 0.25) is 0 Å². The highest BCUT2D eigenvalue weighted by Crippen LogP contribution is 2.17. The van der Waals surface area contributed by atoms with E-state index in [-0.39, 0.29) is 19.2 Å². The van der Waals surface area contributed by atoms with Crippen molar-refractivity contribution in [2.75, 3.05) is 31.9 Å². The summed E-state index contributed by atoms with van der Waals surface area (Å²) < 4.78 is 26.7. The SMILES string of the molecule is C=C/C(Br)=C(\N=C(/N)Nc1ccc(S(C)(=O)=NC(=O)OCC)cc1)N[C@H](COC)[C@@H](C)O. The van der Waals surface area contributed by atoms with Crippen LogP contribution in [0.15, 0.2) is 61.5 Å². The van der Waals surface area contributed by atoms with E-state index in [4.69, 9.17) is 15.2 Å². The van der Waals surface area contributed by atoms with Gasteiger partial charge in [-0.2, -0.15) is 4.99 Å². The Morgan fingerprint density at radius 2 is 2.03 bits per heavy atom. The van der Waals surface area contributed by atoms with Crippen molar-refractivity contribution in [3.63, 3.8) is 0 Å². The Kier molecular flexibility index (Phi) is 11.4. The van der Waals surface area contributed by atoms with E-state index in [0.717, 1.165) is 0 Å². The number of carbonyl (C=O) groups excluding carboxylic acids is 1. The maximum absolute atomic E-state index is 12.7. The fourth-order valence-electron chi connectivity index (χ4n) is 2.34. The van der Waals surface area contributed by atoms with Gasteiger partial charge in [-0.1, -0.05) is 12.7 Å². The molecule has 0 fully saturated rings. The molecule has 1 rings (SSSR count). The zero-order chi connectivity index (χ0) is 24.3. The maximum Gasteiger partial charge on any atom is 0.442 e. The minimum atomic E-state index is -2.95. The highest BCUT2D eigenvalue weighted by atomic mass is 79.9. The molecule has 0 bridgehead atoms. The number of carbonyl (C=O) groups is 1. The number of ether oxygens (including phenoxy) is 2. The van der Waals surface area contributed by atoms with Gasteiger partial charge in [0, 0.05) is 23.9 Å². The molecule has 0 radical (unpaired) electrons. The van der Waals surface area contributed by atoms with Crippen LogP contribution in [0.1, 0.15) is 13.8 Å². The predicted molar refractivity (Wildman–Crippen MR) is 130 cm³/mol. The molecule has 0 saturated carbocycles. The van der Waals surface area contributed by atoms with E-state index in [1.165, 1.54) is 19.4 Å². The van der Waals surface area contributed by atoms with Crippen molar-refractivity contribution in [1.29, 1.82) is 0 Å². The third kappa shape index (κ3) is 8.99. The molecule has 1 aromatic carbocycles. The number of anilines is 1. The zero-order valence-electron chi connectivity index (χ0n) is 18.5. The minimum Gasteiger partial charge on any atom is -0.448 e. The lowest BCUT2D eigenvalue weighted by Gasteiger charge is -2.22. The lowest BCUT2D eigenvalue weighted by molar-refractivity contribution is 0.0853. The summed E-state index contributed by atoms with van der Waals surface area (Å²) in [6.45, 7) is 7.36. The average Bonchev–Trinajstić information content (AvgIpc) is 2.72. The quantitative estimate of drug-likeness (QED) is 0.204. The first kappa shape index (κ1) is 27.6. The molecular formula is C20H30BrN5O5S. The number of nitrogens with one attached hydrogen (secondary N) is 2. The Hall–Kier alpha value is -2.41. The summed E-state index contributed by atoms with van der Waals surface area (Å²) in [7, 11) is -1.42. The molecule has 0 aliphatic carbocycles. The smallest absolute Gasteiger partial charge is 0.442 e. The van der Waals surface area contributed by atoms with Crippen molar-refractivity contribution < 1.29 is 23.6 Å². The van der Waals surface area contributed by atoms with Gasteiger partial charge in [0.05, 0.1) is 39.6 Å². The summed E-state index contributed by atoms with van der Waals surface area (Å²) in [5.41, 5.74) is 6.60. The van der Waals surface area contributed by atoms with Crippen LogP contribution in [0.25, 0.3) is 0 Å². The van der Waals surface area contributed by atoms with Crippen LogP contribution in [0, 0.1) is 0 Å². The number of nitrogens with zero attached hydrogens (tertiary/aromatic N) is 2. The molecule has 12 heteroatoms. The molecule has 0 heterocycles. The maximum atomic E-state index is 12.7. The molecule has 1 amide bonds. The van der Waals surface area contributed by atoms with Crippen LogP contribution in [-0.4, -0.2) is 60.1 Å². The van der Waals surface area contributed by atoms with Crippen LogP contribution in [0.5, 0.6) is 0 Å². The predicted octanol–water partition coefficient (Wildman–Crippen LogP) is 2.76. The van der Waals surface area contributed by atoms with Gasteiger partial charge < -0.3 is 30.9 Å². The first-order valence-corrected chi connectivity index (χ1v) is 12.3. The summed E-state index contributed by atoms with van der Waals surface area (Å²) in [5, 5.41) is 15.9. The standard InChI is InChI=1S/C20H30BrN5O5S/c1-6-16(21)18(24-17(12-30-4)13(3)27)25-19(22)23-14-8-10-15(11-9-14)32(5,29)26-20(28)31-7-2/h6,8-11,13,17,24,27H,1,7,12H2,2-5H3,(H3,22,23,25)/b18-16+/t13-,17-,32?/m1/s1. The van der Waals surface area contributed by atoms with Gasteiger partial charge >= 0.3 is 6.09 Å². The highest BCUT2D eigenvalue weighted by Gasteiger charge is 2.17. The Bertz CT molecular complexity index is 969. The van der Waals surface area contributed by atoms with Gasteiger partial charge in [-0.25, -0.2) is 9.00 Å². The van der Waals surface area contributed by atoms with Gasteiger partial charge in [-0.15, -0.1) is 4.36 Å². The van der Waals surface area contributed by atoms with E-state index in [2.05, 4.69) is 42.5 Å². The van der Waals surface area contributed by atoms with Crippen LogP contribution in [-0.2, 0) is 19.2 Å². The topological polar surface area (TPSA) is 148 Å². The number of hydrogen-bond acceptors (Lipinski definition) is 7. The molecule has 0 aliphatic heterocycles. The second kappa shape index (κ2) is 13.2. The number of aliphatic hydroxyl groups is 1. The van der Waals surface area contributed by atoms with E-state index in [1.54, 1.807) is 38.1 Å². The number of allylic oxidation sites excluding steroid dienone is 2. The third-order valence-electron chi connectivity index (χ3n) is 3.97. The zero-order valence-corrected chi connectivity index (χ0v) is 20.9. The van der Waals surface area contributed by atoms with Crippen molar-refractivity contribution >= 4 is 43.4 Å². The number of rotatable bonds is 10. The summed E-state index contributed by atoms with van der Waals surface area (Å²) in [6, 6.07) is 5.96. The second-order valence-corrected chi connectivity index (χ2v) is 9.70. The fraction of sp³-hybridized carbons (Fsp3) is 0.400. The van der Waals surface area contributed by atoms with Crippen molar-refractivity contribution in [3.8, 4) is 0 Å². The molecule has 178 valence electrons. The summed E-state index contributed by atoms with van der Waals surface area (Å²) in [4.78, 5) is 16.2. The third-order valence-corrected chi connectivity index (χ3v) is 6.31. The molecule has 32 heavy (non-hydrogen) atoms. The number of halogens is 1. The molecule has 0 aromatic heterocycles. The number of aliphatic imine (C=N–C) groups is 1. The average molecular weight is 532 g/mol. The van der Waals surface area contributed by atoms with Gasteiger partial charge in [0.1, 0.15) is 5.82 Å². The molecule has 0 saturated heterocycles. The lowest BCUT2D eigenvalue weighted by atomic mass is 10.2. The van der Waals surface area contributed by atoms with Crippen molar-refractivity contribution in [2.45, 2.75) is 30.9 Å². The van der Waals surface area contributed by atoms with Crippen LogP contribution >= 0.6 is 15.9 Å². The number of benzene rings is 1. The van der Waals surface area contributed by atoms with Crippen LogP contribution < -0.4 is 16.4 Å². The molecule has 1 aromatic rings. The van der Waals surface area contributed by atoms with Crippen molar-refractivity contribution in [2.24, 2.45) is 15.1 Å². The van der Waals surface area contributed by atoms with Gasteiger partial charge in [0.25, 0.3) is 0 Å². The lowest BCUT2D eigenvalue weighted by Crippen LogP contribution is -2.41. The summed E-state index contributed by atoms with van der Waals surface area (Å²) >= 11 is 3.35. The Morgan fingerprint density at radius 1 is 1.41 bits per heavy atom. The van der Waals surface area contributed by atoms with E-state index in [0.29, 0.717) is 20.9 Å². The Morgan fingerprint density at radius 3 is 2.53 bits per heavy atom. The number of amides is 1. The summed E-state index contributed by atoms with van der Waals surface area (Å²) in [6.07, 6.45) is 1.30. The van der Waals surface area contributed by atoms with Gasteiger partial charge in [0.2, 0.25) is 0 Å². The molecule has 0 aliphatic rings. The second-order valence-electron chi connectivity index (χ2n) is 6.59.